The van der Waals surface area contributed by atoms with Gasteiger partial charge in [0.1, 0.15) is 0 Å². The summed E-state index contributed by atoms with van der Waals surface area (Å²) in [5, 5.41) is 10.6. The molecule has 0 aliphatic heterocycles. The van der Waals surface area contributed by atoms with Gasteiger partial charge in [0.05, 0.1) is 0 Å². The van der Waals surface area contributed by atoms with Crippen LogP contribution >= 0.6 is 0 Å². The van der Waals surface area contributed by atoms with E-state index in [9.17, 15) is 9.90 Å². The molecule has 0 heterocycles. The molecule has 0 amide bonds. The zero-order valence-electron chi connectivity index (χ0n) is 23.1. The number of carbonyl (C=O) groups excluding carboxylic acids is 1. The molecule has 0 aromatic carbocycles. The Bertz CT molecular complexity index is 816. The average molecular weight is 762 g/mol. The van der Waals surface area contributed by atoms with Crippen LogP contribution < -0.4 is 0 Å². The minimum atomic E-state index is -0.357. The van der Waals surface area contributed by atoms with Gasteiger partial charge < -0.3 is 23.7 Å². The van der Waals surface area contributed by atoms with E-state index in [1.807, 2.05) is 0 Å². The molecule has 5 heteroatoms. The third-order valence-corrected chi connectivity index (χ3v) is 11.9. The van der Waals surface area contributed by atoms with Crippen molar-refractivity contribution in [2.45, 2.75) is 105 Å². The number of aliphatic hydroxyl groups excluding tert-OH is 1. The molecule has 5 unspecified atom stereocenters. The van der Waals surface area contributed by atoms with Gasteiger partial charge in [0.2, 0.25) is 0 Å². The second kappa shape index (κ2) is 11.3. The Hall–Kier alpha value is 1.75. The molecule has 5 aliphatic carbocycles. The summed E-state index contributed by atoms with van der Waals surface area (Å²) in [4.78, 5) is 12.4. The average Bonchev–Trinajstić information content (AvgIpc) is 2.71. The topological polar surface area (TPSA) is 37.3 Å². The Morgan fingerprint density at radius 3 is 2.37 bits per heavy atom. The van der Waals surface area contributed by atoms with Crippen molar-refractivity contribution in [2.75, 3.05) is 0 Å². The van der Waals surface area contributed by atoms with Crippen molar-refractivity contribution in [3.8, 4) is 0 Å². The monoisotopic (exact) mass is 762 g/mol. The van der Waals surface area contributed by atoms with Gasteiger partial charge in [0.25, 0.3) is 0 Å². The summed E-state index contributed by atoms with van der Waals surface area (Å²) >= 11 is 0. The summed E-state index contributed by atoms with van der Waals surface area (Å²) in [5.74, 6) is 2.87. The van der Waals surface area contributed by atoms with Crippen molar-refractivity contribution in [1.82, 2.24) is 0 Å². The molecule has 0 aromatic rings. The van der Waals surface area contributed by atoms with Crippen molar-refractivity contribution in [1.29, 1.82) is 0 Å². The number of rotatable bonds is 1. The van der Waals surface area contributed by atoms with Gasteiger partial charge >= 0.3 is 0 Å². The quantitative estimate of drug-likeness (QED) is 0.229. The summed E-state index contributed by atoms with van der Waals surface area (Å²) in [5.41, 5.74) is 2.20. The van der Waals surface area contributed by atoms with Gasteiger partial charge in [-0.2, -0.15) is 19.3 Å². The van der Waals surface area contributed by atoms with Crippen molar-refractivity contribution < 1.29 is 82.2 Å². The van der Waals surface area contributed by atoms with Gasteiger partial charge in [-0.15, -0.1) is 0 Å². The van der Waals surface area contributed by atoms with Gasteiger partial charge in [-0.05, 0) is 47.8 Å². The Kier molecular flexibility index (Phi) is 11.2. The molecule has 196 valence electrons. The maximum Gasteiger partial charge on any atom is 0 e. The predicted molar refractivity (Wildman–Crippen MR) is 132 cm³/mol. The third kappa shape index (κ3) is 4.84. The van der Waals surface area contributed by atoms with E-state index in [0.717, 1.165) is 44.9 Å². The molecule has 2 nitrogen and oxygen atoms in total. The fraction of sp³-hybridized carbons (Fsp3) is 0.800. The summed E-state index contributed by atoms with van der Waals surface area (Å²) in [6.45, 7) is 14.7. The summed E-state index contributed by atoms with van der Waals surface area (Å²) in [7, 11) is 0. The normalized spacial score (nSPS) is 47.8. The summed E-state index contributed by atoms with van der Waals surface area (Å²) in [6, 6.07) is 0. The fourth-order valence-corrected chi connectivity index (χ4v) is 9.53. The zero-order valence-corrected chi connectivity index (χ0v) is 30.3. The van der Waals surface area contributed by atoms with Crippen LogP contribution in [0.1, 0.15) is 99.3 Å². The number of aliphatic hydroxyl groups is 1. The molecule has 2 radical (unpaired) electrons. The first-order chi connectivity index (χ1) is 14.4. The van der Waals surface area contributed by atoms with E-state index < -0.39 is 0 Å². The minimum absolute atomic E-state index is 0. The second-order valence-electron chi connectivity index (χ2n) is 13.6. The van der Waals surface area contributed by atoms with E-state index in [0.29, 0.717) is 23.2 Å². The van der Waals surface area contributed by atoms with Gasteiger partial charge in [-0.3, -0.25) is 17.6 Å². The van der Waals surface area contributed by atoms with E-state index in [1.165, 1.54) is 18.8 Å². The molecule has 0 aromatic heterocycles. The SMILES string of the molecule is C[C-]1[C@@H](O)CCC2(C)C3CC=C4C5CC(C)(C)CCC5([C-]=O)[CH-]C[C@@]4(C)C3(C)CC[C@@H]12.[CH3-].[V].[W].[Y]. The first-order valence-electron chi connectivity index (χ1n) is 12.9. The number of fused-ring (bicyclic) bond motifs is 7. The molecule has 35 heavy (non-hydrogen) atoms. The second-order valence-corrected chi connectivity index (χ2v) is 13.6. The predicted octanol–water partition coefficient (Wildman–Crippen LogP) is 7.08. The van der Waals surface area contributed by atoms with Crippen LogP contribution in [0.3, 0.4) is 0 Å². The van der Waals surface area contributed by atoms with E-state index in [1.54, 1.807) is 5.57 Å². The van der Waals surface area contributed by atoms with Crippen LogP contribution in [-0.2, 0) is 77.1 Å². The molecule has 0 spiro atoms. The van der Waals surface area contributed by atoms with Crippen LogP contribution in [-0.4, -0.2) is 17.5 Å². The van der Waals surface area contributed by atoms with Crippen molar-refractivity contribution in [3.05, 3.63) is 31.4 Å². The van der Waals surface area contributed by atoms with Crippen molar-refractivity contribution in [2.24, 2.45) is 44.8 Å². The maximum absolute atomic E-state index is 12.4. The Balaban J connectivity index is 0.00000153. The van der Waals surface area contributed by atoms with Crippen LogP contribution in [0.4, 0.5) is 0 Å². The number of hydrogen-bond acceptors (Lipinski definition) is 2. The summed E-state index contributed by atoms with van der Waals surface area (Å²) in [6.07, 6.45) is 17.3. The van der Waals surface area contributed by atoms with Gasteiger partial charge in [-0.1, -0.05) is 89.4 Å². The number of hydrogen-bond donors (Lipinski definition) is 1. The minimum Gasteiger partial charge on any atom is -0.544 e. The first kappa shape index (κ1) is 34.8. The van der Waals surface area contributed by atoms with E-state index in [4.69, 9.17) is 0 Å². The molecule has 4 saturated carbocycles. The number of allylic oxidation sites excluding steroid dienone is 2. The fourth-order valence-electron chi connectivity index (χ4n) is 9.53. The molecule has 5 aliphatic rings. The van der Waals surface area contributed by atoms with E-state index in [-0.39, 0.29) is 108 Å². The van der Waals surface area contributed by atoms with Gasteiger partial charge in [-0.25, -0.2) is 0 Å². The van der Waals surface area contributed by atoms with E-state index >= 15 is 0 Å². The van der Waals surface area contributed by atoms with Crippen LogP contribution in [0.15, 0.2) is 11.6 Å². The molecular formula is C30H46O2VWY-4. The molecule has 1 N–H and O–H groups in total. The largest absolute Gasteiger partial charge is 0.544 e. The first-order valence-corrected chi connectivity index (χ1v) is 12.9. The smallest absolute Gasteiger partial charge is 0 e. The standard InChI is InChI=1S/C29H43O2.CH3.V.W.Y/c1-19-20-9-12-28(6)24(26(20,4)11-10-23(19)31)8-7-21-22-17-25(2,3)13-15-29(22,18-30)16-14-27(21,28)5;;;;/h7,16,20,22-24,31H,8-15,17H2,1-6H3;1H3;;;/q-3;-1;;;/t20-,22?,23-,24?,26?,27+,28?,29?;;;;/m0..../s1. The molecule has 0 saturated heterocycles. The Morgan fingerprint density at radius 1 is 1.09 bits per heavy atom. The van der Waals surface area contributed by atoms with Crippen molar-refractivity contribution in [3.63, 3.8) is 0 Å². The van der Waals surface area contributed by atoms with Gasteiger partial charge in [0.15, 0.2) is 0 Å². The molecule has 5 rings (SSSR count). The summed E-state index contributed by atoms with van der Waals surface area (Å²) < 4.78 is 0. The van der Waals surface area contributed by atoms with Crippen LogP contribution in [0.2, 0.25) is 0 Å². The Labute approximate surface area is 267 Å². The van der Waals surface area contributed by atoms with Crippen LogP contribution in [0.25, 0.3) is 0 Å². The molecule has 0 bridgehead atoms. The molecular weight excluding hydrogens is 716 g/mol. The van der Waals surface area contributed by atoms with Crippen LogP contribution in [0.5, 0.6) is 0 Å². The Morgan fingerprint density at radius 2 is 1.74 bits per heavy atom. The van der Waals surface area contributed by atoms with E-state index in [2.05, 4.69) is 60.3 Å². The molecule has 8 atom stereocenters. The van der Waals surface area contributed by atoms with Crippen molar-refractivity contribution >= 4 is 6.29 Å². The van der Waals surface area contributed by atoms with Crippen LogP contribution in [0, 0.1) is 64.6 Å². The van der Waals surface area contributed by atoms with Gasteiger partial charge in [0, 0.05) is 72.3 Å². The zero-order chi connectivity index (χ0) is 22.4. The maximum atomic E-state index is 12.4. The molecule has 4 fully saturated rings. The third-order valence-electron chi connectivity index (χ3n) is 11.9.